The van der Waals surface area contributed by atoms with Crippen LogP contribution in [-0.4, -0.2) is 53.1 Å². The zero-order valence-electron chi connectivity index (χ0n) is 26.1. The fraction of sp³-hybridized carbons (Fsp3) is 0.333. The van der Waals surface area contributed by atoms with E-state index < -0.39 is 17.9 Å². The van der Waals surface area contributed by atoms with Crippen molar-refractivity contribution in [3.8, 4) is 0 Å². The first-order valence-electron chi connectivity index (χ1n) is 15.2. The predicted octanol–water partition coefficient (Wildman–Crippen LogP) is 5.90. The lowest BCUT2D eigenvalue weighted by molar-refractivity contribution is -0.141. The molecule has 9 heteroatoms. The number of benzene rings is 2. The van der Waals surface area contributed by atoms with Crippen LogP contribution < -0.4 is 10.6 Å². The fourth-order valence-corrected chi connectivity index (χ4v) is 6.27. The molecule has 0 aliphatic carbocycles. The lowest BCUT2D eigenvalue weighted by Crippen LogP contribution is -2.49. The number of nitrogens with one attached hydrogen (secondary N) is 2. The molecule has 3 heterocycles. The molecular weight excluding hydrogens is 584 g/mol. The third kappa shape index (κ3) is 8.16. The highest BCUT2D eigenvalue weighted by molar-refractivity contribution is 7.14. The molecule has 1 aromatic heterocycles. The van der Waals surface area contributed by atoms with Crippen LogP contribution in [-0.2, 0) is 21.4 Å². The number of nitrogens with zero attached hydrogens (tertiary/aromatic N) is 2. The number of carbonyl (C=O) groups excluding carboxylic acids is 2. The van der Waals surface area contributed by atoms with Gasteiger partial charge in [-0.1, -0.05) is 87.0 Å². The van der Waals surface area contributed by atoms with Crippen LogP contribution >= 0.6 is 11.3 Å². The molecule has 3 N–H and O–H groups in total. The maximum Gasteiger partial charge on any atom is 0.308 e. The summed E-state index contributed by atoms with van der Waals surface area (Å²) < 4.78 is 0. The molecule has 0 bridgehead atoms. The molecular formula is C36H40N4O4S. The second-order valence-electron chi connectivity index (χ2n) is 12.7. The maximum absolute atomic E-state index is 13.6. The van der Waals surface area contributed by atoms with Gasteiger partial charge < -0.3 is 20.6 Å². The molecule has 1 fully saturated rings. The molecule has 0 saturated carbocycles. The second kappa shape index (κ2) is 13.6. The van der Waals surface area contributed by atoms with Gasteiger partial charge in [0, 0.05) is 42.4 Å². The second-order valence-corrected chi connectivity index (χ2v) is 13.8. The number of likely N-dealkylation sites (tertiary alicyclic amines) is 1. The van der Waals surface area contributed by atoms with Gasteiger partial charge in [-0.2, -0.15) is 0 Å². The summed E-state index contributed by atoms with van der Waals surface area (Å²) in [4.78, 5) is 46.3. The van der Waals surface area contributed by atoms with Gasteiger partial charge in [0.05, 0.1) is 10.8 Å². The molecule has 2 amide bonds. The van der Waals surface area contributed by atoms with Gasteiger partial charge in [0.25, 0.3) is 5.91 Å². The summed E-state index contributed by atoms with van der Waals surface area (Å²) in [6.45, 7) is 8.85. The molecule has 45 heavy (non-hydrogen) atoms. The van der Waals surface area contributed by atoms with Crippen LogP contribution in [0, 0.1) is 12.8 Å². The average Bonchev–Trinajstić information content (AvgIpc) is 3.72. The zero-order valence-corrected chi connectivity index (χ0v) is 26.9. The summed E-state index contributed by atoms with van der Waals surface area (Å²) in [5.41, 5.74) is 5.07. The van der Waals surface area contributed by atoms with Gasteiger partial charge in [-0.05, 0) is 47.6 Å². The van der Waals surface area contributed by atoms with Crippen LogP contribution in [0.2, 0.25) is 0 Å². The maximum atomic E-state index is 13.6. The molecule has 5 rings (SSSR count). The summed E-state index contributed by atoms with van der Waals surface area (Å²) in [6, 6.07) is 19.1. The molecule has 1 unspecified atom stereocenters. The van der Waals surface area contributed by atoms with Crippen molar-refractivity contribution in [1.82, 2.24) is 15.5 Å². The van der Waals surface area contributed by atoms with E-state index in [1.54, 1.807) is 11.0 Å². The van der Waals surface area contributed by atoms with E-state index in [1.807, 2.05) is 48.8 Å². The number of rotatable bonds is 9. The Labute approximate surface area is 268 Å². The summed E-state index contributed by atoms with van der Waals surface area (Å²) >= 11 is 1.42. The van der Waals surface area contributed by atoms with Gasteiger partial charge in [0.2, 0.25) is 5.91 Å². The van der Waals surface area contributed by atoms with Crippen molar-refractivity contribution in [2.75, 3.05) is 13.1 Å². The third-order valence-corrected chi connectivity index (χ3v) is 9.59. The molecule has 2 aromatic carbocycles. The Bertz CT molecular complexity index is 1630. The molecule has 234 valence electrons. The molecule has 3 atom stereocenters. The molecule has 3 aromatic rings. The summed E-state index contributed by atoms with van der Waals surface area (Å²) in [5, 5.41) is 15.8. The van der Waals surface area contributed by atoms with Gasteiger partial charge in [-0.3, -0.25) is 19.4 Å². The van der Waals surface area contributed by atoms with Crippen molar-refractivity contribution in [2.45, 2.75) is 58.2 Å². The Morgan fingerprint density at radius 3 is 2.40 bits per heavy atom. The average molecular weight is 625 g/mol. The first-order chi connectivity index (χ1) is 21.5. The van der Waals surface area contributed by atoms with Gasteiger partial charge in [-0.15, -0.1) is 11.3 Å². The van der Waals surface area contributed by atoms with E-state index in [4.69, 9.17) is 0 Å². The number of hydrogen-bond acceptors (Lipinski definition) is 6. The monoisotopic (exact) mass is 624 g/mol. The van der Waals surface area contributed by atoms with Crippen LogP contribution in [0.25, 0.3) is 6.08 Å². The number of amides is 2. The molecule has 2 aliphatic rings. The number of thiophene rings is 1. The fourth-order valence-electron chi connectivity index (χ4n) is 5.31. The topological polar surface area (TPSA) is 111 Å². The Morgan fingerprint density at radius 2 is 1.80 bits per heavy atom. The highest BCUT2D eigenvalue weighted by atomic mass is 32.1. The van der Waals surface area contributed by atoms with Gasteiger partial charge in [0.1, 0.15) is 12.2 Å². The van der Waals surface area contributed by atoms with Crippen molar-refractivity contribution in [2.24, 2.45) is 10.9 Å². The number of aliphatic carboxylic acids is 1. The minimum absolute atomic E-state index is 0.0890. The molecule has 1 saturated heterocycles. The summed E-state index contributed by atoms with van der Waals surface area (Å²) in [6.07, 6.45) is 8.31. The van der Waals surface area contributed by atoms with Crippen LogP contribution in [0.5, 0.6) is 0 Å². The Balaban J connectivity index is 1.25. The lowest BCUT2D eigenvalue weighted by Gasteiger charge is -2.24. The largest absolute Gasteiger partial charge is 0.481 e. The van der Waals surface area contributed by atoms with Crippen molar-refractivity contribution in [1.29, 1.82) is 0 Å². The van der Waals surface area contributed by atoms with Crippen LogP contribution in [0.1, 0.15) is 70.2 Å². The molecule has 0 radical (unpaired) electrons. The molecule has 0 spiro atoms. The van der Waals surface area contributed by atoms with Gasteiger partial charge in [0.15, 0.2) is 0 Å². The van der Waals surface area contributed by atoms with E-state index in [2.05, 4.69) is 73.7 Å². The van der Waals surface area contributed by atoms with Gasteiger partial charge in [-0.25, -0.2) is 0 Å². The minimum Gasteiger partial charge on any atom is -0.481 e. The standard InChI is InChI=1S/C36H40N4O4S/c1-23-5-7-24(8-6-23)9-10-26-20-37-32(38-21-26)27-13-11-25(12-14-27)19-29(34(42)40-18-17-28(22-40)35(43)44)39-33(41)30-15-16-31(45-30)36(2,3)4/h5-16,20-21,28-29,32,37H,17-19,22H2,1-4H3,(H,39,41)(H,43,44)/b10-9+/t28-,29-,32?/m0/s1. The number of aliphatic imine (C=N–C) groups is 1. The van der Waals surface area contributed by atoms with Crippen molar-refractivity contribution < 1.29 is 19.5 Å². The lowest BCUT2D eigenvalue weighted by atomic mass is 9.95. The SMILES string of the molecule is Cc1ccc(/C=C/C2=CNC(c3ccc(C[C@H](NC(=O)c4ccc(C(C)(C)C)s4)C(=O)N4CC[C@H](C(=O)O)C4)cc3)N=C2)cc1. The predicted molar refractivity (Wildman–Crippen MR) is 179 cm³/mol. The number of carbonyl (C=O) groups is 3. The Hall–Kier alpha value is -4.50. The summed E-state index contributed by atoms with van der Waals surface area (Å²) in [5.74, 6) is -2.07. The molecule has 8 nitrogen and oxygen atoms in total. The van der Waals surface area contributed by atoms with E-state index in [1.165, 1.54) is 16.9 Å². The van der Waals surface area contributed by atoms with Gasteiger partial charge >= 0.3 is 5.97 Å². The Kier molecular flexibility index (Phi) is 9.68. The summed E-state index contributed by atoms with van der Waals surface area (Å²) in [7, 11) is 0. The van der Waals surface area contributed by atoms with Crippen LogP contribution in [0.4, 0.5) is 0 Å². The first kappa shape index (κ1) is 31.9. The van der Waals surface area contributed by atoms with Crippen LogP contribution in [0.3, 0.4) is 0 Å². The first-order valence-corrected chi connectivity index (χ1v) is 16.0. The molecule has 2 aliphatic heterocycles. The Morgan fingerprint density at radius 1 is 1.07 bits per heavy atom. The third-order valence-electron chi connectivity index (χ3n) is 8.08. The quantitative estimate of drug-likeness (QED) is 0.275. The number of aryl methyl sites for hydroxylation is 1. The highest BCUT2D eigenvalue weighted by Crippen LogP contribution is 2.30. The van der Waals surface area contributed by atoms with Crippen molar-refractivity contribution >= 4 is 41.4 Å². The number of carboxylic acid groups (broad SMARTS) is 1. The van der Waals surface area contributed by atoms with E-state index in [-0.39, 0.29) is 36.4 Å². The van der Waals surface area contributed by atoms with E-state index in [0.717, 1.165) is 27.1 Å². The number of allylic oxidation sites excluding steroid dienone is 2. The van der Waals surface area contributed by atoms with Crippen molar-refractivity contribution in [3.05, 3.63) is 111 Å². The van der Waals surface area contributed by atoms with Crippen molar-refractivity contribution in [3.63, 3.8) is 0 Å². The normalized spacial score (nSPS) is 18.8. The minimum atomic E-state index is -0.905. The van der Waals surface area contributed by atoms with E-state index >= 15 is 0 Å². The highest BCUT2D eigenvalue weighted by Gasteiger charge is 2.35. The number of carboxylic acids is 1. The number of hydrogen-bond donors (Lipinski definition) is 3. The smallest absolute Gasteiger partial charge is 0.308 e. The van der Waals surface area contributed by atoms with E-state index in [0.29, 0.717) is 17.8 Å². The van der Waals surface area contributed by atoms with E-state index in [9.17, 15) is 19.5 Å². The zero-order chi connectivity index (χ0) is 32.1. The van der Waals surface area contributed by atoms with Crippen LogP contribution in [0.15, 0.2) is 83.5 Å².